The van der Waals surface area contributed by atoms with E-state index < -0.39 is 17.6 Å². The summed E-state index contributed by atoms with van der Waals surface area (Å²) in [7, 11) is 4.61. The van der Waals surface area contributed by atoms with Crippen LogP contribution >= 0.6 is 15.9 Å². The largest absolute Gasteiger partial charge is 0.494 e. The average molecular weight is 760 g/mol. The van der Waals surface area contributed by atoms with Gasteiger partial charge in [0.25, 0.3) is 5.91 Å². The van der Waals surface area contributed by atoms with Gasteiger partial charge >= 0.3 is 0 Å². The Kier molecular flexibility index (Phi) is 12.8. The molecule has 13 nitrogen and oxygen atoms in total. The van der Waals surface area contributed by atoms with Gasteiger partial charge in [-0.1, -0.05) is 57.4 Å². The summed E-state index contributed by atoms with van der Waals surface area (Å²) >= 11 is 3.51. The van der Waals surface area contributed by atoms with Gasteiger partial charge in [0.05, 0.1) is 34.5 Å². The quantitative estimate of drug-likeness (QED) is 0.0367. The third kappa shape index (κ3) is 8.73. The lowest BCUT2D eigenvalue weighted by Crippen LogP contribution is -2.53. The van der Waals surface area contributed by atoms with E-state index in [4.69, 9.17) is 39.3 Å². The van der Waals surface area contributed by atoms with E-state index in [0.29, 0.717) is 41.6 Å². The second-order valence-electron chi connectivity index (χ2n) is 11.5. The molecule has 0 bridgehead atoms. The van der Waals surface area contributed by atoms with Crippen LogP contribution in [0.1, 0.15) is 40.3 Å². The monoisotopic (exact) mass is 758 g/mol. The number of hydrazine groups is 1. The van der Waals surface area contributed by atoms with Gasteiger partial charge < -0.3 is 28.8 Å². The molecule has 4 aromatic rings. The molecule has 0 saturated heterocycles. The molecule has 1 amide bonds. The summed E-state index contributed by atoms with van der Waals surface area (Å²) in [4.78, 5) is 22.7. The number of hydrogen-bond acceptors (Lipinski definition) is 10. The van der Waals surface area contributed by atoms with Crippen LogP contribution in [0.2, 0.25) is 0 Å². The highest BCUT2D eigenvalue weighted by molar-refractivity contribution is 9.10. The maximum atomic E-state index is 14.7. The number of hydrogen-bond donors (Lipinski definition) is 3. The highest BCUT2D eigenvalue weighted by Crippen LogP contribution is 2.43. The van der Waals surface area contributed by atoms with Crippen LogP contribution < -0.4 is 29.8 Å². The molecule has 1 heterocycles. The summed E-state index contributed by atoms with van der Waals surface area (Å²) in [6.07, 6.45) is -0.218. The van der Waals surface area contributed by atoms with Crippen molar-refractivity contribution in [3.8, 4) is 23.0 Å². The van der Waals surface area contributed by atoms with Gasteiger partial charge in [-0.2, -0.15) is 0 Å². The molecule has 5 rings (SSSR count). The van der Waals surface area contributed by atoms with E-state index in [1.165, 1.54) is 21.3 Å². The maximum absolute atomic E-state index is 14.7. The molecule has 1 aliphatic heterocycles. The number of nitrogens with one attached hydrogen (secondary N) is 2. The molecule has 0 aromatic heterocycles. The Morgan fingerprint density at radius 1 is 1.00 bits per heavy atom. The minimum absolute atomic E-state index is 0.0354. The number of methoxy groups -OCH3 is 3. The lowest BCUT2D eigenvalue weighted by molar-refractivity contribution is -0.130. The number of ether oxygens (including phenoxy) is 5. The fraction of sp³-hybridized carbons (Fsp3) is 0.297. The topological polar surface area (TPSA) is 169 Å². The summed E-state index contributed by atoms with van der Waals surface area (Å²) < 4.78 is 29.7. The Balaban J connectivity index is 1.55. The van der Waals surface area contributed by atoms with Gasteiger partial charge in [0.2, 0.25) is 11.6 Å². The van der Waals surface area contributed by atoms with E-state index in [9.17, 15) is 4.79 Å². The minimum atomic E-state index is -1.52. The van der Waals surface area contributed by atoms with Crippen LogP contribution in [0.5, 0.6) is 23.0 Å². The standard InChI is InChI=1S/C37H39BrN6O7/c1-47-31-19-24(20-32(48-2)33(31)49-3)22-40-43-36(46)37(21-27-7-4-5-8-28(27)23-41-44-39)34(25-9-13-29(38)14-10-25)51-35(42-37)26-11-15-30(16-12-26)50-18-6-17-45/h4-5,7-16,19-20,34,40,45H,6,17-18,21-23H2,1-3H3,(H,43,46)/t34-,37-/m0/s1. The number of aliphatic imine (C=N–C) groups is 1. The average Bonchev–Trinajstić information content (AvgIpc) is 3.54. The van der Waals surface area contributed by atoms with Crippen molar-refractivity contribution in [1.82, 2.24) is 10.9 Å². The predicted octanol–water partition coefficient (Wildman–Crippen LogP) is 6.37. The molecular weight excluding hydrogens is 720 g/mol. The highest BCUT2D eigenvalue weighted by atomic mass is 79.9. The molecule has 14 heteroatoms. The number of aliphatic hydroxyl groups is 1. The first-order valence-electron chi connectivity index (χ1n) is 16.1. The lowest BCUT2D eigenvalue weighted by Gasteiger charge is -2.31. The first-order chi connectivity index (χ1) is 24.8. The summed E-state index contributed by atoms with van der Waals surface area (Å²) in [5.74, 6) is 1.87. The Labute approximate surface area is 304 Å². The van der Waals surface area contributed by atoms with Crippen LogP contribution in [0.3, 0.4) is 0 Å². The first kappa shape index (κ1) is 37.0. The van der Waals surface area contributed by atoms with Gasteiger partial charge in [-0.05, 0) is 76.3 Å². The van der Waals surface area contributed by atoms with Gasteiger partial charge in [0.15, 0.2) is 23.1 Å². The van der Waals surface area contributed by atoms with Gasteiger partial charge in [-0.25, -0.2) is 10.4 Å². The van der Waals surface area contributed by atoms with Crippen molar-refractivity contribution in [2.75, 3.05) is 34.5 Å². The molecule has 4 aromatic carbocycles. The summed E-state index contributed by atoms with van der Waals surface area (Å²) in [6.45, 7) is 0.722. The number of amides is 1. The van der Waals surface area contributed by atoms with Gasteiger partial charge in [-0.3, -0.25) is 10.2 Å². The van der Waals surface area contributed by atoms with Crippen molar-refractivity contribution in [2.45, 2.75) is 37.6 Å². The summed E-state index contributed by atoms with van der Waals surface area (Å²) in [5, 5.41) is 12.9. The molecule has 0 radical (unpaired) electrons. The van der Waals surface area contributed by atoms with Crippen LogP contribution in [0.4, 0.5) is 0 Å². The van der Waals surface area contributed by atoms with E-state index in [2.05, 4.69) is 36.8 Å². The number of carbonyl (C=O) groups is 1. The molecule has 0 fully saturated rings. The highest BCUT2D eigenvalue weighted by Gasteiger charge is 2.53. The van der Waals surface area contributed by atoms with Crippen LogP contribution in [0, 0.1) is 0 Å². The second kappa shape index (κ2) is 17.6. The number of aliphatic hydroxyl groups excluding tert-OH is 1. The minimum Gasteiger partial charge on any atom is -0.494 e. The molecule has 0 aliphatic carbocycles. The third-order valence-electron chi connectivity index (χ3n) is 8.30. The van der Waals surface area contributed by atoms with E-state index in [1.807, 2.05) is 60.7 Å². The number of benzene rings is 4. The number of rotatable bonds is 17. The molecule has 0 unspecified atom stereocenters. The SMILES string of the molecule is COc1cc(CNNC(=O)[C@@]2(Cc3ccccc3CN=[N+]=[N-])N=C(c3ccc(OCCCO)cc3)O[C@H]2c2ccc(Br)cc2)cc(OC)c1OC. The Morgan fingerprint density at radius 2 is 1.69 bits per heavy atom. The molecule has 51 heavy (non-hydrogen) atoms. The summed E-state index contributed by atoms with van der Waals surface area (Å²) in [5.41, 5.74) is 17.2. The number of carbonyl (C=O) groups excluding carboxylic acids is 1. The van der Waals surface area contributed by atoms with E-state index in [-0.39, 0.29) is 32.0 Å². The predicted molar refractivity (Wildman–Crippen MR) is 195 cm³/mol. The van der Waals surface area contributed by atoms with Crippen molar-refractivity contribution < 1.29 is 33.6 Å². The fourth-order valence-corrected chi connectivity index (χ4v) is 6.04. The van der Waals surface area contributed by atoms with Gasteiger partial charge in [0, 0.05) is 40.9 Å². The number of halogens is 1. The molecule has 3 N–H and O–H groups in total. The number of azide groups is 1. The van der Waals surface area contributed by atoms with Crippen molar-refractivity contribution in [2.24, 2.45) is 10.1 Å². The molecule has 266 valence electrons. The molecule has 2 atom stereocenters. The van der Waals surface area contributed by atoms with Crippen molar-refractivity contribution in [1.29, 1.82) is 0 Å². The number of nitrogens with zero attached hydrogens (tertiary/aromatic N) is 4. The normalized spacial score (nSPS) is 16.3. The first-order valence-corrected chi connectivity index (χ1v) is 16.9. The van der Waals surface area contributed by atoms with Crippen molar-refractivity contribution in [3.63, 3.8) is 0 Å². The zero-order valence-electron chi connectivity index (χ0n) is 28.5. The fourth-order valence-electron chi connectivity index (χ4n) is 5.77. The van der Waals surface area contributed by atoms with E-state index in [1.54, 1.807) is 24.3 Å². The zero-order valence-corrected chi connectivity index (χ0v) is 30.1. The zero-order chi connectivity index (χ0) is 36.2. The molecule has 0 saturated carbocycles. The summed E-state index contributed by atoms with van der Waals surface area (Å²) in [6, 6.07) is 25.8. The molecule has 1 aliphatic rings. The van der Waals surface area contributed by atoms with Crippen LogP contribution in [-0.2, 0) is 29.0 Å². The van der Waals surface area contributed by atoms with Crippen molar-refractivity contribution in [3.05, 3.63) is 128 Å². The lowest BCUT2D eigenvalue weighted by atomic mass is 9.81. The second-order valence-corrected chi connectivity index (χ2v) is 12.4. The molecular formula is C37H39BrN6O7. The smallest absolute Gasteiger partial charge is 0.266 e. The maximum Gasteiger partial charge on any atom is 0.266 e. The van der Waals surface area contributed by atoms with Crippen molar-refractivity contribution >= 4 is 27.7 Å². The van der Waals surface area contributed by atoms with Crippen LogP contribution in [-0.4, -0.2) is 57.0 Å². The van der Waals surface area contributed by atoms with Gasteiger partial charge in [-0.15, -0.1) is 0 Å². The molecule has 0 spiro atoms. The van der Waals surface area contributed by atoms with Crippen LogP contribution in [0.25, 0.3) is 10.4 Å². The van der Waals surface area contributed by atoms with Crippen LogP contribution in [0.15, 0.2) is 99.5 Å². The third-order valence-corrected chi connectivity index (χ3v) is 8.83. The Bertz CT molecular complexity index is 1860. The van der Waals surface area contributed by atoms with E-state index in [0.717, 1.165) is 26.7 Å². The Morgan fingerprint density at radius 3 is 2.31 bits per heavy atom. The van der Waals surface area contributed by atoms with Gasteiger partial charge in [0.1, 0.15) is 5.75 Å². The Hall–Kier alpha value is -5.27. The van der Waals surface area contributed by atoms with E-state index >= 15 is 0 Å².